The second-order valence-corrected chi connectivity index (χ2v) is 7.74. The van der Waals surface area contributed by atoms with Gasteiger partial charge in [-0.25, -0.2) is 0 Å². The average Bonchev–Trinajstić information content (AvgIpc) is 2.49. The van der Waals surface area contributed by atoms with Crippen molar-refractivity contribution in [3.8, 4) is 0 Å². The Kier molecular flexibility index (Phi) is 22.3. The van der Waals surface area contributed by atoms with Crippen LogP contribution in [0, 0.1) is 0 Å². The fourth-order valence-corrected chi connectivity index (χ4v) is 3.18. The molecule has 0 radical (unpaired) electrons. The van der Waals surface area contributed by atoms with E-state index in [1.54, 1.807) is 0 Å². The molecular formula is C18H37FeO4P. The zero-order valence-corrected chi connectivity index (χ0v) is 17.5. The Morgan fingerprint density at radius 1 is 0.625 bits per heavy atom. The molecule has 0 bridgehead atoms. The van der Waals surface area contributed by atoms with Gasteiger partial charge in [-0.1, -0.05) is 103 Å². The van der Waals surface area contributed by atoms with E-state index in [2.05, 4.69) is 11.4 Å². The maximum absolute atomic E-state index is 10.2. The van der Waals surface area contributed by atoms with Gasteiger partial charge in [-0.3, -0.25) is 0 Å². The number of rotatable bonds is 18. The molecule has 24 heavy (non-hydrogen) atoms. The summed E-state index contributed by atoms with van der Waals surface area (Å²) in [5.74, 6) is 0. The van der Waals surface area contributed by atoms with Gasteiger partial charge < -0.3 is 18.9 Å². The standard InChI is InChI=1S/C18H39O4P.Fe/c1-2-3-4-5-6-7-8-9-10-11-12-13-14-15-16-17-18-22-23(19,20)21;/h2-18H2,1H3,(H2,19,20,21);/q;+2/p-2. The largest absolute Gasteiger partial charge is 2.00 e. The number of hydrogen-bond acceptors (Lipinski definition) is 4. The molecule has 0 aromatic carbocycles. The zero-order chi connectivity index (χ0) is 17.2. The van der Waals surface area contributed by atoms with E-state index in [1.807, 2.05) is 0 Å². The zero-order valence-electron chi connectivity index (χ0n) is 15.5. The van der Waals surface area contributed by atoms with Crippen LogP contribution in [0.5, 0.6) is 0 Å². The van der Waals surface area contributed by atoms with Crippen molar-refractivity contribution in [2.24, 2.45) is 0 Å². The van der Waals surface area contributed by atoms with E-state index in [9.17, 15) is 14.4 Å². The van der Waals surface area contributed by atoms with Crippen molar-refractivity contribution >= 4 is 7.82 Å². The molecule has 146 valence electrons. The Morgan fingerprint density at radius 2 is 0.917 bits per heavy atom. The monoisotopic (exact) mass is 404 g/mol. The molecule has 0 fully saturated rings. The smallest absolute Gasteiger partial charge is 0.790 e. The molecule has 0 atom stereocenters. The van der Waals surface area contributed by atoms with Crippen molar-refractivity contribution in [1.29, 1.82) is 0 Å². The van der Waals surface area contributed by atoms with Gasteiger partial charge in [0.1, 0.15) is 0 Å². The minimum Gasteiger partial charge on any atom is -0.790 e. The van der Waals surface area contributed by atoms with Crippen LogP contribution in [-0.4, -0.2) is 6.61 Å². The van der Waals surface area contributed by atoms with Crippen molar-refractivity contribution in [2.45, 2.75) is 110 Å². The van der Waals surface area contributed by atoms with Crippen molar-refractivity contribution in [2.75, 3.05) is 6.61 Å². The van der Waals surface area contributed by atoms with Crippen LogP contribution in [0.25, 0.3) is 0 Å². The maximum atomic E-state index is 10.2. The average molecular weight is 404 g/mol. The molecule has 0 N–H and O–H groups in total. The molecule has 0 spiro atoms. The van der Waals surface area contributed by atoms with Gasteiger partial charge in [0, 0.05) is 0 Å². The van der Waals surface area contributed by atoms with Gasteiger partial charge in [0.15, 0.2) is 0 Å². The molecule has 0 rings (SSSR count). The van der Waals surface area contributed by atoms with Crippen molar-refractivity contribution in [1.82, 2.24) is 0 Å². The summed E-state index contributed by atoms with van der Waals surface area (Å²) in [5, 5.41) is 0. The molecule has 0 aromatic rings. The first-order valence-electron chi connectivity index (χ1n) is 9.73. The Bertz CT molecular complexity index is 284. The second kappa shape index (κ2) is 19.9. The molecule has 0 aliphatic carbocycles. The van der Waals surface area contributed by atoms with E-state index in [0.717, 1.165) is 12.8 Å². The van der Waals surface area contributed by atoms with E-state index in [1.165, 1.54) is 83.5 Å². The van der Waals surface area contributed by atoms with Gasteiger partial charge in [0.05, 0.1) is 14.4 Å². The molecule has 4 nitrogen and oxygen atoms in total. The summed E-state index contributed by atoms with van der Waals surface area (Å²) in [7, 11) is -4.76. The molecule has 6 heteroatoms. The molecule has 0 aromatic heterocycles. The molecular weight excluding hydrogens is 367 g/mol. The number of phosphoric ester groups is 1. The SMILES string of the molecule is CCCCCCCCCCCCCCCCCCOP(=O)([O-])[O-].[Fe+2]. The number of phosphoric acid groups is 1. The summed E-state index contributed by atoms with van der Waals surface area (Å²) in [6.45, 7) is 2.30. The molecule has 0 heterocycles. The maximum Gasteiger partial charge on any atom is 2.00 e. The van der Waals surface area contributed by atoms with Gasteiger partial charge in [-0.05, 0) is 6.42 Å². The first-order chi connectivity index (χ1) is 11.1. The van der Waals surface area contributed by atoms with E-state index >= 15 is 0 Å². The van der Waals surface area contributed by atoms with Crippen LogP contribution < -0.4 is 9.79 Å². The first-order valence-corrected chi connectivity index (χ1v) is 11.2. The summed E-state index contributed by atoms with van der Waals surface area (Å²) >= 11 is 0. The fourth-order valence-electron chi connectivity index (χ4n) is 2.83. The van der Waals surface area contributed by atoms with Crippen LogP contribution in [0.15, 0.2) is 0 Å². The molecule has 0 saturated heterocycles. The summed E-state index contributed by atoms with van der Waals surface area (Å²) in [4.78, 5) is 20.5. The molecule has 0 aliphatic heterocycles. The minimum absolute atomic E-state index is 0. The predicted octanol–water partition coefficient (Wildman–Crippen LogP) is 5.09. The van der Waals surface area contributed by atoms with Crippen molar-refractivity contribution < 1.29 is 35.9 Å². The molecule has 0 saturated carbocycles. The Labute approximate surface area is 160 Å². The summed E-state index contributed by atoms with van der Waals surface area (Å²) in [5.41, 5.74) is 0. The minimum atomic E-state index is -4.76. The fraction of sp³-hybridized carbons (Fsp3) is 1.00. The van der Waals surface area contributed by atoms with E-state index < -0.39 is 7.82 Å². The van der Waals surface area contributed by atoms with Gasteiger partial charge in [-0.2, -0.15) is 0 Å². The molecule has 0 amide bonds. The van der Waals surface area contributed by atoms with Crippen molar-refractivity contribution in [3.05, 3.63) is 0 Å². The molecule has 0 unspecified atom stereocenters. The topological polar surface area (TPSA) is 72.4 Å². The van der Waals surface area contributed by atoms with E-state index in [0.29, 0.717) is 6.42 Å². The number of hydrogen-bond donors (Lipinski definition) is 0. The predicted molar refractivity (Wildman–Crippen MR) is 93.1 cm³/mol. The Balaban J connectivity index is 0. The number of unbranched alkanes of at least 4 members (excludes halogenated alkanes) is 15. The van der Waals surface area contributed by atoms with Gasteiger partial charge in [0.25, 0.3) is 0 Å². The van der Waals surface area contributed by atoms with Crippen LogP contribution in [-0.2, 0) is 26.2 Å². The normalized spacial score (nSPS) is 11.5. The van der Waals surface area contributed by atoms with E-state index in [-0.39, 0.29) is 23.7 Å². The third-order valence-electron chi connectivity index (χ3n) is 4.25. The summed E-state index contributed by atoms with van der Waals surface area (Å²) in [6.07, 6.45) is 20.3. The van der Waals surface area contributed by atoms with Crippen LogP contribution in [0.2, 0.25) is 0 Å². The van der Waals surface area contributed by atoms with Gasteiger partial charge >= 0.3 is 17.1 Å². The Morgan fingerprint density at radius 3 is 1.21 bits per heavy atom. The van der Waals surface area contributed by atoms with Gasteiger partial charge in [0.2, 0.25) is 0 Å². The third-order valence-corrected chi connectivity index (χ3v) is 4.75. The van der Waals surface area contributed by atoms with Crippen LogP contribution in [0.3, 0.4) is 0 Å². The van der Waals surface area contributed by atoms with E-state index in [4.69, 9.17) is 0 Å². The second-order valence-electron chi connectivity index (χ2n) is 6.58. The van der Waals surface area contributed by atoms with Crippen molar-refractivity contribution in [3.63, 3.8) is 0 Å². The summed E-state index contributed by atoms with van der Waals surface area (Å²) in [6, 6.07) is 0. The molecule has 0 aliphatic rings. The Hall–Kier alpha value is 0.629. The van der Waals surface area contributed by atoms with Crippen LogP contribution >= 0.6 is 7.82 Å². The van der Waals surface area contributed by atoms with Gasteiger partial charge in [-0.15, -0.1) is 0 Å². The first kappa shape index (κ1) is 26.9. The summed E-state index contributed by atoms with van der Waals surface area (Å²) < 4.78 is 14.4. The van der Waals surface area contributed by atoms with Crippen LogP contribution in [0.4, 0.5) is 0 Å². The third kappa shape index (κ3) is 24.9. The quantitative estimate of drug-likeness (QED) is 0.181. The van der Waals surface area contributed by atoms with Crippen LogP contribution in [0.1, 0.15) is 110 Å².